The van der Waals surface area contributed by atoms with Crippen molar-refractivity contribution in [2.45, 2.75) is 6.54 Å². The van der Waals surface area contributed by atoms with Crippen LogP contribution in [0.25, 0.3) is 10.7 Å². The monoisotopic (exact) mass is 361 g/mol. The van der Waals surface area contributed by atoms with Crippen LogP contribution >= 0.6 is 22.9 Å². The van der Waals surface area contributed by atoms with Crippen molar-refractivity contribution in [2.24, 2.45) is 0 Å². The molecule has 8 heteroatoms. The van der Waals surface area contributed by atoms with Gasteiger partial charge in [-0.05, 0) is 29.1 Å². The zero-order chi connectivity index (χ0) is 17.1. The molecule has 6 nitrogen and oxygen atoms in total. The summed E-state index contributed by atoms with van der Waals surface area (Å²) in [6.07, 6.45) is 0. The van der Waals surface area contributed by atoms with E-state index in [1.807, 2.05) is 5.38 Å². The summed E-state index contributed by atoms with van der Waals surface area (Å²) < 4.78 is 0. The van der Waals surface area contributed by atoms with Crippen molar-refractivity contribution in [3.63, 3.8) is 0 Å². The smallest absolute Gasteiger partial charge is 0.294 e. The van der Waals surface area contributed by atoms with Crippen LogP contribution in [0.1, 0.15) is 16.1 Å². The van der Waals surface area contributed by atoms with Gasteiger partial charge in [-0.3, -0.25) is 9.59 Å². The number of rotatable bonds is 4. The van der Waals surface area contributed by atoms with Gasteiger partial charge in [-0.15, -0.1) is 11.3 Å². The van der Waals surface area contributed by atoms with Gasteiger partial charge in [0.15, 0.2) is 11.5 Å². The molecule has 1 aromatic carbocycles. The van der Waals surface area contributed by atoms with E-state index in [0.29, 0.717) is 9.90 Å². The molecule has 0 unspecified atom stereocenters. The van der Waals surface area contributed by atoms with E-state index in [1.165, 1.54) is 11.3 Å². The first-order chi connectivity index (χ1) is 11.5. The molecule has 0 saturated heterocycles. The van der Waals surface area contributed by atoms with Gasteiger partial charge in [-0.25, -0.2) is 4.98 Å². The van der Waals surface area contributed by atoms with Crippen LogP contribution in [0.4, 0.5) is 0 Å². The predicted octanol–water partition coefficient (Wildman–Crippen LogP) is 2.79. The minimum absolute atomic E-state index is 0.196. The highest BCUT2D eigenvalue weighted by molar-refractivity contribution is 7.13. The molecule has 0 aliphatic heterocycles. The molecular weight excluding hydrogens is 350 g/mol. The summed E-state index contributed by atoms with van der Waals surface area (Å²) in [6.45, 7) is 0.196. The molecule has 0 aliphatic rings. The molecule has 0 fully saturated rings. The maximum atomic E-state index is 12.3. The second kappa shape index (κ2) is 6.86. The van der Waals surface area contributed by atoms with Gasteiger partial charge in [0, 0.05) is 11.6 Å². The topological polar surface area (TPSA) is 95.1 Å². The number of nitrogens with one attached hydrogen (secondary N) is 2. The number of aromatic hydroxyl groups is 1. The van der Waals surface area contributed by atoms with Crippen molar-refractivity contribution in [1.29, 1.82) is 0 Å². The number of hydrogen-bond acceptors (Lipinski definition) is 5. The molecule has 2 heterocycles. The Morgan fingerprint density at radius 3 is 2.88 bits per heavy atom. The SMILES string of the molecule is O=C(NCc1cccc(Cl)c1)c1nc(-c2cccs2)[nH]c(=O)c1O. The highest BCUT2D eigenvalue weighted by Crippen LogP contribution is 2.21. The van der Waals surface area contributed by atoms with Gasteiger partial charge in [-0.1, -0.05) is 29.8 Å². The largest absolute Gasteiger partial charge is 0.501 e. The third kappa shape index (κ3) is 3.47. The molecule has 3 N–H and O–H groups in total. The van der Waals surface area contributed by atoms with Gasteiger partial charge < -0.3 is 15.4 Å². The highest BCUT2D eigenvalue weighted by atomic mass is 35.5. The standard InChI is InChI=1S/C16H12ClN3O3S/c17-10-4-1-3-9(7-10)8-18-15(22)12-13(21)16(23)20-14(19-12)11-5-2-6-24-11/h1-7,21H,8H2,(H,18,22)(H,19,20,23). The fraction of sp³-hybridized carbons (Fsp3) is 0.0625. The quantitative estimate of drug-likeness (QED) is 0.666. The third-order valence-electron chi connectivity index (χ3n) is 3.21. The third-order valence-corrected chi connectivity index (χ3v) is 4.32. The summed E-state index contributed by atoms with van der Waals surface area (Å²) in [5.41, 5.74) is -0.288. The summed E-state index contributed by atoms with van der Waals surface area (Å²) in [5, 5.41) is 14.8. The number of aromatic nitrogens is 2. The van der Waals surface area contributed by atoms with Crippen molar-refractivity contribution >= 4 is 28.8 Å². The Labute approximate surface area is 145 Å². The second-order valence-electron chi connectivity index (χ2n) is 4.90. The van der Waals surface area contributed by atoms with Crippen LogP contribution in [0.3, 0.4) is 0 Å². The van der Waals surface area contributed by atoms with Crippen molar-refractivity contribution in [1.82, 2.24) is 15.3 Å². The first-order valence-corrected chi connectivity index (χ1v) is 8.20. The van der Waals surface area contributed by atoms with Crippen molar-refractivity contribution in [3.05, 3.63) is 68.4 Å². The van der Waals surface area contributed by atoms with E-state index in [1.54, 1.807) is 36.4 Å². The lowest BCUT2D eigenvalue weighted by atomic mass is 10.2. The molecule has 2 aromatic heterocycles. The fourth-order valence-electron chi connectivity index (χ4n) is 2.07. The molecule has 122 valence electrons. The number of carbonyl (C=O) groups excluding carboxylic acids is 1. The molecule has 0 aliphatic carbocycles. The summed E-state index contributed by atoms with van der Waals surface area (Å²) in [7, 11) is 0. The van der Waals surface area contributed by atoms with Crippen LogP contribution in [-0.2, 0) is 6.54 Å². The maximum Gasteiger partial charge on any atom is 0.294 e. The number of nitrogens with zero attached hydrogens (tertiary/aromatic N) is 1. The average Bonchev–Trinajstić information content (AvgIpc) is 3.09. The minimum atomic E-state index is -0.763. The minimum Gasteiger partial charge on any atom is -0.501 e. The normalized spacial score (nSPS) is 10.5. The first kappa shape index (κ1) is 16.2. The Morgan fingerprint density at radius 1 is 1.33 bits per heavy atom. The Bertz CT molecular complexity index is 938. The molecule has 24 heavy (non-hydrogen) atoms. The number of benzene rings is 1. The van der Waals surface area contributed by atoms with Gasteiger partial charge in [0.05, 0.1) is 4.88 Å². The molecule has 1 amide bonds. The lowest BCUT2D eigenvalue weighted by Gasteiger charge is -2.07. The van der Waals surface area contributed by atoms with Crippen molar-refractivity contribution < 1.29 is 9.90 Å². The molecule has 0 bridgehead atoms. The summed E-state index contributed by atoms with van der Waals surface area (Å²) in [6, 6.07) is 10.6. The molecule has 0 saturated carbocycles. The van der Waals surface area contributed by atoms with Gasteiger partial charge in [-0.2, -0.15) is 0 Å². The zero-order valence-electron chi connectivity index (χ0n) is 12.2. The highest BCUT2D eigenvalue weighted by Gasteiger charge is 2.18. The van der Waals surface area contributed by atoms with Gasteiger partial charge in [0.25, 0.3) is 11.5 Å². The lowest BCUT2D eigenvalue weighted by Crippen LogP contribution is -2.26. The van der Waals surface area contributed by atoms with Gasteiger partial charge >= 0.3 is 0 Å². The summed E-state index contributed by atoms with van der Waals surface area (Å²) >= 11 is 7.25. The van der Waals surface area contributed by atoms with E-state index in [9.17, 15) is 14.7 Å². The fourth-order valence-corrected chi connectivity index (χ4v) is 2.95. The molecule has 0 spiro atoms. The van der Waals surface area contributed by atoms with Gasteiger partial charge in [0.2, 0.25) is 5.75 Å². The predicted molar refractivity (Wildman–Crippen MR) is 92.5 cm³/mol. The molecule has 0 radical (unpaired) electrons. The van der Waals surface area contributed by atoms with Crippen LogP contribution in [0.5, 0.6) is 5.75 Å². The van der Waals surface area contributed by atoms with Crippen LogP contribution in [0, 0.1) is 0 Å². The summed E-state index contributed by atoms with van der Waals surface area (Å²) in [5.74, 6) is -1.11. The van der Waals surface area contributed by atoms with Crippen molar-refractivity contribution in [3.8, 4) is 16.5 Å². The number of carbonyl (C=O) groups is 1. The number of aromatic amines is 1. The molecule has 3 rings (SSSR count). The number of hydrogen-bond donors (Lipinski definition) is 3. The number of H-pyrrole nitrogens is 1. The average molecular weight is 362 g/mol. The Morgan fingerprint density at radius 2 is 2.17 bits per heavy atom. The van der Waals surface area contributed by atoms with E-state index in [4.69, 9.17) is 11.6 Å². The summed E-state index contributed by atoms with van der Waals surface area (Å²) in [4.78, 5) is 31.3. The van der Waals surface area contributed by atoms with E-state index in [2.05, 4.69) is 15.3 Å². The van der Waals surface area contributed by atoms with Gasteiger partial charge in [0.1, 0.15) is 0 Å². The van der Waals surface area contributed by atoms with E-state index in [0.717, 1.165) is 5.56 Å². The lowest BCUT2D eigenvalue weighted by molar-refractivity contribution is 0.0942. The van der Waals surface area contributed by atoms with Crippen LogP contribution < -0.4 is 10.9 Å². The van der Waals surface area contributed by atoms with E-state index in [-0.39, 0.29) is 18.1 Å². The van der Waals surface area contributed by atoms with E-state index >= 15 is 0 Å². The number of thiophene rings is 1. The maximum absolute atomic E-state index is 12.3. The Hall–Kier alpha value is -2.64. The Balaban J connectivity index is 1.85. The first-order valence-electron chi connectivity index (χ1n) is 6.94. The molecule has 3 aromatic rings. The molecular formula is C16H12ClN3O3S. The van der Waals surface area contributed by atoms with Crippen LogP contribution in [-0.4, -0.2) is 21.0 Å². The van der Waals surface area contributed by atoms with E-state index < -0.39 is 17.2 Å². The number of amides is 1. The second-order valence-corrected chi connectivity index (χ2v) is 6.29. The Kier molecular flexibility index (Phi) is 4.64. The zero-order valence-corrected chi connectivity index (χ0v) is 13.8. The van der Waals surface area contributed by atoms with Crippen LogP contribution in [0.15, 0.2) is 46.6 Å². The number of halogens is 1. The van der Waals surface area contributed by atoms with Crippen molar-refractivity contribution in [2.75, 3.05) is 0 Å². The molecule has 0 atom stereocenters. The van der Waals surface area contributed by atoms with Crippen LogP contribution in [0.2, 0.25) is 5.02 Å².